The second kappa shape index (κ2) is 4.43. The first-order valence-electron chi connectivity index (χ1n) is 5.24. The second-order valence-electron chi connectivity index (χ2n) is 4.93. The topological polar surface area (TPSA) is 29.3 Å². The molecule has 2 nitrogen and oxygen atoms in total. The van der Waals surface area contributed by atoms with Crippen LogP contribution in [-0.2, 0) is 0 Å². The van der Waals surface area contributed by atoms with E-state index in [1.54, 1.807) is 0 Å². The zero-order chi connectivity index (χ0) is 10.7. The Labute approximate surface area is 83.5 Å². The van der Waals surface area contributed by atoms with Gasteiger partial charge in [0, 0.05) is 11.1 Å². The minimum absolute atomic E-state index is 0.0327. The average Bonchev–Trinajstić information content (AvgIpc) is 2.03. The van der Waals surface area contributed by atoms with Crippen LogP contribution < -0.4 is 5.73 Å². The molecule has 80 valence electrons. The monoisotopic (exact) mass is 186 g/mol. The van der Waals surface area contributed by atoms with Crippen LogP contribution in [0.1, 0.15) is 47.0 Å². The summed E-state index contributed by atoms with van der Waals surface area (Å²) in [4.78, 5) is 2.29. The summed E-state index contributed by atoms with van der Waals surface area (Å²) in [6.07, 6.45) is 3.24. The van der Waals surface area contributed by atoms with Gasteiger partial charge in [-0.1, -0.05) is 13.8 Å². The highest BCUT2D eigenvalue weighted by Crippen LogP contribution is 2.27. The third kappa shape index (κ3) is 3.65. The molecule has 0 aromatic heterocycles. The summed E-state index contributed by atoms with van der Waals surface area (Å²) in [5, 5.41) is 0. The normalized spacial score (nSPS) is 21.2. The van der Waals surface area contributed by atoms with Crippen LogP contribution in [0.15, 0.2) is 0 Å². The van der Waals surface area contributed by atoms with Crippen LogP contribution in [0.5, 0.6) is 0 Å². The predicted octanol–water partition coefficient (Wildman–Crippen LogP) is 2.23. The number of hydrogen-bond acceptors (Lipinski definition) is 2. The Morgan fingerprint density at radius 2 is 1.54 bits per heavy atom. The fourth-order valence-electron chi connectivity index (χ4n) is 1.59. The predicted molar refractivity (Wildman–Crippen MR) is 59.9 cm³/mol. The van der Waals surface area contributed by atoms with Gasteiger partial charge in [-0.25, -0.2) is 0 Å². The van der Waals surface area contributed by atoms with Gasteiger partial charge in [0.2, 0.25) is 0 Å². The van der Waals surface area contributed by atoms with Crippen LogP contribution in [0.3, 0.4) is 0 Å². The molecule has 0 aromatic rings. The van der Waals surface area contributed by atoms with E-state index < -0.39 is 0 Å². The molecule has 0 radical (unpaired) electrons. The molecule has 2 atom stereocenters. The van der Waals surface area contributed by atoms with Crippen molar-refractivity contribution in [1.29, 1.82) is 0 Å². The summed E-state index contributed by atoms with van der Waals surface area (Å²) in [5.74, 6) is 0. The van der Waals surface area contributed by atoms with Gasteiger partial charge in [0.25, 0.3) is 0 Å². The molecule has 0 aromatic carbocycles. The highest BCUT2D eigenvalue weighted by atomic mass is 15.1. The lowest BCUT2D eigenvalue weighted by atomic mass is 9.81. The molecule has 13 heavy (non-hydrogen) atoms. The first-order chi connectivity index (χ1) is 5.77. The molecule has 0 spiro atoms. The zero-order valence-electron chi connectivity index (χ0n) is 10.1. The first kappa shape index (κ1) is 12.9. The first-order valence-corrected chi connectivity index (χ1v) is 5.24. The van der Waals surface area contributed by atoms with Crippen LogP contribution >= 0.6 is 0 Å². The Kier molecular flexibility index (Phi) is 4.40. The molecule has 0 saturated carbocycles. The molecule has 0 heterocycles. The second-order valence-corrected chi connectivity index (χ2v) is 4.93. The Balaban J connectivity index is 4.44. The smallest absolute Gasteiger partial charge is 0.0190 e. The quantitative estimate of drug-likeness (QED) is 0.713. The number of nitrogens with two attached hydrogens (primary N) is 1. The highest BCUT2D eigenvalue weighted by Gasteiger charge is 2.31. The van der Waals surface area contributed by atoms with Gasteiger partial charge in [0.05, 0.1) is 0 Å². The molecule has 0 aliphatic carbocycles. The van der Waals surface area contributed by atoms with Gasteiger partial charge in [-0.05, 0) is 47.2 Å². The van der Waals surface area contributed by atoms with Crippen molar-refractivity contribution >= 4 is 0 Å². The Bertz CT molecular complexity index is 152. The molecule has 0 aliphatic heterocycles. The van der Waals surface area contributed by atoms with Gasteiger partial charge in [0.15, 0.2) is 0 Å². The highest BCUT2D eigenvalue weighted by molar-refractivity contribution is 4.91. The van der Waals surface area contributed by atoms with Crippen molar-refractivity contribution in [3.8, 4) is 0 Å². The van der Waals surface area contributed by atoms with Crippen LogP contribution in [-0.4, -0.2) is 30.1 Å². The summed E-state index contributed by atoms with van der Waals surface area (Å²) < 4.78 is 0. The van der Waals surface area contributed by atoms with Crippen molar-refractivity contribution in [2.75, 3.05) is 14.1 Å². The van der Waals surface area contributed by atoms with E-state index in [0.717, 1.165) is 19.3 Å². The molecular formula is C11H26N2. The number of rotatable bonds is 5. The van der Waals surface area contributed by atoms with Gasteiger partial charge < -0.3 is 10.6 Å². The Hall–Kier alpha value is -0.0800. The standard InChI is InChI=1S/C11H26N2/c1-7-10(3,12)9-11(4,8-2)13(5)6/h7-9,12H2,1-6H3. The lowest BCUT2D eigenvalue weighted by Crippen LogP contribution is -2.50. The van der Waals surface area contributed by atoms with Crippen molar-refractivity contribution in [1.82, 2.24) is 4.90 Å². The van der Waals surface area contributed by atoms with Gasteiger partial charge in [-0.3, -0.25) is 0 Å². The van der Waals surface area contributed by atoms with Crippen molar-refractivity contribution in [2.45, 2.75) is 58.0 Å². The van der Waals surface area contributed by atoms with E-state index in [-0.39, 0.29) is 11.1 Å². The molecule has 0 amide bonds. The molecule has 2 N–H and O–H groups in total. The zero-order valence-corrected chi connectivity index (χ0v) is 10.1. The van der Waals surface area contributed by atoms with Crippen molar-refractivity contribution in [3.63, 3.8) is 0 Å². The molecule has 0 bridgehead atoms. The van der Waals surface area contributed by atoms with Gasteiger partial charge in [-0.15, -0.1) is 0 Å². The van der Waals surface area contributed by atoms with Crippen LogP contribution in [0.2, 0.25) is 0 Å². The van der Waals surface area contributed by atoms with Gasteiger partial charge in [-0.2, -0.15) is 0 Å². The lowest BCUT2D eigenvalue weighted by molar-refractivity contribution is 0.121. The summed E-state index contributed by atoms with van der Waals surface area (Å²) >= 11 is 0. The van der Waals surface area contributed by atoms with E-state index in [1.807, 2.05) is 0 Å². The van der Waals surface area contributed by atoms with E-state index in [4.69, 9.17) is 5.73 Å². The third-order valence-corrected chi connectivity index (χ3v) is 3.43. The molecular weight excluding hydrogens is 160 g/mol. The van der Waals surface area contributed by atoms with E-state index >= 15 is 0 Å². The fourth-order valence-corrected chi connectivity index (χ4v) is 1.59. The maximum atomic E-state index is 6.19. The Morgan fingerprint density at radius 1 is 1.08 bits per heavy atom. The van der Waals surface area contributed by atoms with Crippen LogP contribution in [0.4, 0.5) is 0 Å². The largest absolute Gasteiger partial charge is 0.325 e. The maximum Gasteiger partial charge on any atom is 0.0190 e. The maximum absolute atomic E-state index is 6.19. The van der Waals surface area contributed by atoms with E-state index in [1.165, 1.54) is 0 Å². The lowest BCUT2D eigenvalue weighted by Gasteiger charge is -2.41. The third-order valence-electron chi connectivity index (χ3n) is 3.43. The number of hydrogen-bond donors (Lipinski definition) is 1. The van der Waals surface area contributed by atoms with Gasteiger partial charge >= 0.3 is 0 Å². The van der Waals surface area contributed by atoms with Crippen LogP contribution in [0.25, 0.3) is 0 Å². The van der Waals surface area contributed by atoms with Crippen molar-refractivity contribution in [3.05, 3.63) is 0 Å². The summed E-state index contributed by atoms with van der Waals surface area (Å²) in [7, 11) is 4.27. The average molecular weight is 186 g/mol. The molecule has 2 heteroatoms. The molecule has 0 fully saturated rings. The van der Waals surface area contributed by atoms with Gasteiger partial charge in [0.1, 0.15) is 0 Å². The summed E-state index contributed by atoms with van der Waals surface area (Å²) in [6, 6.07) is 0. The number of nitrogens with zero attached hydrogens (tertiary/aromatic N) is 1. The molecule has 2 unspecified atom stereocenters. The molecule has 0 rings (SSSR count). The Morgan fingerprint density at radius 3 is 1.77 bits per heavy atom. The van der Waals surface area contributed by atoms with E-state index in [0.29, 0.717) is 0 Å². The van der Waals surface area contributed by atoms with Crippen molar-refractivity contribution < 1.29 is 0 Å². The summed E-state index contributed by atoms with van der Waals surface area (Å²) in [5.41, 5.74) is 6.39. The minimum Gasteiger partial charge on any atom is -0.325 e. The SMILES string of the molecule is CCC(C)(N)CC(C)(CC)N(C)C. The van der Waals surface area contributed by atoms with Crippen LogP contribution in [0, 0.1) is 0 Å². The minimum atomic E-state index is -0.0327. The molecule has 0 saturated heterocycles. The fraction of sp³-hybridized carbons (Fsp3) is 1.00. The van der Waals surface area contributed by atoms with E-state index in [2.05, 4.69) is 46.7 Å². The molecule has 0 aliphatic rings. The van der Waals surface area contributed by atoms with E-state index in [9.17, 15) is 0 Å². The van der Waals surface area contributed by atoms with Crippen molar-refractivity contribution in [2.24, 2.45) is 5.73 Å². The summed E-state index contributed by atoms with van der Waals surface area (Å²) in [6.45, 7) is 8.82.